The van der Waals surface area contributed by atoms with Gasteiger partial charge in [-0.25, -0.2) is 13.8 Å². The summed E-state index contributed by atoms with van der Waals surface area (Å²) < 4.78 is 26.9. The molecule has 0 radical (unpaired) electrons. The summed E-state index contributed by atoms with van der Waals surface area (Å²) in [5, 5.41) is 20.7. The Balaban J connectivity index is 1.87. The second-order valence-electron chi connectivity index (χ2n) is 7.51. The van der Waals surface area contributed by atoms with Crippen molar-refractivity contribution in [1.82, 2.24) is 4.98 Å². The predicted octanol–water partition coefficient (Wildman–Crippen LogP) is 2.73. The largest absolute Gasteiger partial charge is 0.402 e. The number of anilines is 1. The van der Waals surface area contributed by atoms with Crippen molar-refractivity contribution < 1.29 is 19.0 Å². The molecule has 3 rings (SSSR count). The van der Waals surface area contributed by atoms with Crippen LogP contribution in [0.2, 0.25) is 0 Å². The molecule has 0 aliphatic carbocycles. The fourth-order valence-electron chi connectivity index (χ4n) is 3.64. The van der Waals surface area contributed by atoms with Crippen LogP contribution in [0.1, 0.15) is 36.6 Å². The van der Waals surface area contributed by atoms with Gasteiger partial charge in [-0.15, -0.1) is 0 Å². The van der Waals surface area contributed by atoms with E-state index in [1.54, 1.807) is 32.3 Å². The van der Waals surface area contributed by atoms with E-state index in [-0.39, 0.29) is 6.61 Å². The summed E-state index contributed by atoms with van der Waals surface area (Å²) in [6.07, 6.45) is 2.28. The highest BCUT2D eigenvalue weighted by Crippen LogP contribution is 2.35. The maximum absolute atomic E-state index is 13.6. The van der Waals surface area contributed by atoms with E-state index < -0.39 is 17.2 Å². The van der Waals surface area contributed by atoms with E-state index in [0.29, 0.717) is 59.8 Å². The van der Waals surface area contributed by atoms with Crippen molar-refractivity contribution in [2.45, 2.75) is 32.0 Å². The lowest BCUT2D eigenvalue weighted by molar-refractivity contribution is 0.0113. The standard InChI is InChI=1S/C22H26F2N4O2/c1-14(25)17(12-26-2)20-9-15(13-29)10-21(27-20)28-7-5-22(30,6-8-28)16-3-4-18(23)19(24)11-16/h3-4,9-12,29-30H,5-8,13,25H2,1-2H3/b17-14+,26-12?. The Morgan fingerprint density at radius 1 is 1.23 bits per heavy atom. The van der Waals surface area contributed by atoms with Crippen molar-refractivity contribution >= 4 is 17.6 Å². The number of aliphatic hydroxyl groups excluding tert-OH is 1. The van der Waals surface area contributed by atoms with Crippen LogP contribution >= 0.6 is 0 Å². The van der Waals surface area contributed by atoms with Gasteiger partial charge < -0.3 is 20.8 Å². The number of pyridine rings is 1. The SMILES string of the molecule is CN=C/C(=C(/C)N)c1cc(CO)cc(N2CCC(O)(c3ccc(F)c(F)c3)CC2)n1. The van der Waals surface area contributed by atoms with Gasteiger partial charge in [-0.2, -0.15) is 0 Å². The minimum atomic E-state index is -1.24. The quantitative estimate of drug-likeness (QED) is 0.652. The second kappa shape index (κ2) is 8.89. The molecule has 0 spiro atoms. The number of allylic oxidation sites excluding steroid dienone is 2. The van der Waals surface area contributed by atoms with Gasteiger partial charge in [0.05, 0.1) is 17.9 Å². The van der Waals surface area contributed by atoms with Gasteiger partial charge >= 0.3 is 0 Å². The van der Waals surface area contributed by atoms with E-state index in [2.05, 4.69) is 9.98 Å². The lowest BCUT2D eigenvalue weighted by atomic mass is 9.84. The lowest BCUT2D eigenvalue weighted by Gasteiger charge is -2.39. The summed E-state index contributed by atoms with van der Waals surface area (Å²) in [6.45, 7) is 2.51. The van der Waals surface area contributed by atoms with Crippen molar-refractivity contribution in [1.29, 1.82) is 0 Å². The molecule has 1 aliphatic heterocycles. The fraction of sp³-hybridized carbons (Fsp3) is 0.364. The summed E-state index contributed by atoms with van der Waals surface area (Å²) in [7, 11) is 1.64. The second-order valence-corrected chi connectivity index (χ2v) is 7.51. The normalized spacial score (nSPS) is 17.3. The van der Waals surface area contributed by atoms with Crippen LogP contribution in [-0.2, 0) is 12.2 Å². The van der Waals surface area contributed by atoms with Gasteiger partial charge in [-0.05, 0) is 55.2 Å². The van der Waals surface area contributed by atoms with Crippen LogP contribution in [0, 0.1) is 11.6 Å². The fourth-order valence-corrected chi connectivity index (χ4v) is 3.64. The molecule has 1 saturated heterocycles. The van der Waals surface area contributed by atoms with Crippen molar-refractivity contribution in [3.63, 3.8) is 0 Å². The van der Waals surface area contributed by atoms with Gasteiger partial charge in [0.1, 0.15) is 5.82 Å². The molecule has 0 amide bonds. The number of halogens is 2. The zero-order valence-electron chi connectivity index (χ0n) is 17.1. The molecule has 6 nitrogen and oxygen atoms in total. The molecule has 1 aromatic heterocycles. The molecule has 1 aliphatic rings. The maximum Gasteiger partial charge on any atom is 0.159 e. The minimum Gasteiger partial charge on any atom is -0.402 e. The van der Waals surface area contributed by atoms with Gasteiger partial charge in [0, 0.05) is 37.6 Å². The van der Waals surface area contributed by atoms with Crippen LogP contribution in [0.5, 0.6) is 0 Å². The van der Waals surface area contributed by atoms with Gasteiger partial charge in [0.15, 0.2) is 11.6 Å². The number of nitrogens with zero attached hydrogens (tertiary/aromatic N) is 3. The Hall–Kier alpha value is -2.84. The van der Waals surface area contributed by atoms with E-state index in [1.807, 2.05) is 4.90 Å². The Morgan fingerprint density at radius 2 is 1.93 bits per heavy atom. The van der Waals surface area contributed by atoms with Gasteiger partial charge in [0.2, 0.25) is 0 Å². The molecule has 2 aromatic rings. The van der Waals surface area contributed by atoms with Gasteiger partial charge in [-0.1, -0.05) is 6.07 Å². The van der Waals surface area contributed by atoms with E-state index >= 15 is 0 Å². The molecule has 8 heteroatoms. The molecule has 0 atom stereocenters. The van der Waals surface area contributed by atoms with E-state index in [4.69, 9.17) is 5.73 Å². The first-order chi connectivity index (χ1) is 14.3. The Labute approximate surface area is 174 Å². The summed E-state index contributed by atoms with van der Waals surface area (Å²) in [4.78, 5) is 10.7. The van der Waals surface area contributed by atoms with Crippen LogP contribution in [0.15, 0.2) is 41.0 Å². The maximum atomic E-state index is 13.6. The number of hydrogen-bond donors (Lipinski definition) is 3. The van der Waals surface area contributed by atoms with Gasteiger partial charge in [0.25, 0.3) is 0 Å². The van der Waals surface area contributed by atoms with Crippen LogP contribution < -0.4 is 10.6 Å². The number of aromatic nitrogens is 1. The van der Waals surface area contributed by atoms with Crippen LogP contribution in [-0.4, -0.2) is 41.5 Å². The average molecular weight is 416 g/mol. The monoisotopic (exact) mass is 416 g/mol. The van der Waals surface area contributed by atoms with Crippen molar-refractivity contribution in [3.8, 4) is 0 Å². The summed E-state index contributed by atoms with van der Waals surface area (Å²) in [5.41, 5.74) is 7.61. The molecular weight excluding hydrogens is 390 g/mol. The molecule has 4 N–H and O–H groups in total. The van der Waals surface area contributed by atoms with E-state index in [1.165, 1.54) is 6.07 Å². The summed E-state index contributed by atoms with van der Waals surface area (Å²) in [6, 6.07) is 7.06. The number of nitrogens with two attached hydrogens (primary N) is 1. The van der Waals surface area contributed by atoms with Crippen LogP contribution in [0.3, 0.4) is 0 Å². The van der Waals surface area contributed by atoms with E-state index in [0.717, 1.165) is 12.1 Å². The summed E-state index contributed by atoms with van der Waals surface area (Å²) in [5.74, 6) is -1.27. The first-order valence-electron chi connectivity index (χ1n) is 9.71. The summed E-state index contributed by atoms with van der Waals surface area (Å²) >= 11 is 0. The number of piperidine rings is 1. The topological polar surface area (TPSA) is 95.0 Å². The molecule has 0 bridgehead atoms. The Morgan fingerprint density at radius 3 is 2.50 bits per heavy atom. The Kier molecular flexibility index (Phi) is 6.48. The molecule has 0 saturated carbocycles. The zero-order valence-corrected chi connectivity index (χ0v) is 17.1. The molecule has 0 unspecified atom stereocenters. The van der Waals surface area contributed by atoms with Crippen LogP contribution in [0.4, 0.5) is 14.6 Å². The molecule has 160 valence electrons. The van der Waals surface area contributed by atoms with Crippen molar-refractivity contribution in [2.75, 3.05) is 25.0 Å². The molecule has 1 aromatic carbocycles. The van der Waals surface area contributed by atoms with Crippen LogP contribution in [0.25, 0.3) is 5.57 Å². The highest BCUT2D eigenvalue weighted by Gasteiger charge is 2.35. The molecule has 30 heavy (non-hydrogen) atoms. The number of aliphatic hydroxyl groups is 2. The molecule has 2 heterocycles. The third kappa shape index (κ3) is 4.49. The third-order valence-corrected chi connectivity index (χ3v) is 5.38. The first kappa shape index (κ1) is 21.9. The zero-order chi connectivity index (χ0) is 21.9. The van der Waals surface area contributed by atoms with Crippen molar-refractivity contribution in [2.24, 2.45) is 10.7 Å². The highest BCUT2D eigenvalue weighted by atomic mass is 19.2. The van der Waals surface area contributed by atoms with E-state index in [9.17, 15) is 19.0 Å². The average Bonchev–Trinajstić information content (AvgIpc) is 2.73. The smallest absolute Gasteiger partial charge is 0.159 e. The number of hydrogen-bond acceptors (Lipinski definition) is 6. The molecule has 1 fully saturated rings. The first-order valence-corrected chi connectivity index (χ1v) is 9.71. The predicted molar refractivity (Wildman–Crippen MR) is 113 cm³/mol. The number of benzene rings is 1. The molecular formula is C22H26F2N4O2. The van der Waals surface area contributed by atoms with Crippen molar-refractivity contribution in [3.05, 3.63) is 64.5 Å². The highest BCUT2D eigenvalue weighted by molar-refractivity contribution is 6.10. The lowest BCUT2D eigenvalue weighted by Crippen LogP contribution is -2.43. The van der Waals surface area contributed by atoms with Gasteiger partial charge in [-0.3, -0.25) is 4.99 Å². The number of rotatable bonds is 5. The number of aliphatic imine (C=N–C) groups is 1. The third-order valence-electron chi connectivity index (χ3n) is 5.38. The Bertz CT molecular complexity index is 979. The minimum absolute atomic E-state index is 0.157.